The van der Waals surface area contributed by atoms with E-state index in [1.54, 1.807) is 16.7 Å². The highest BCUT2D eigenvalue weighted by Gasteiger charge is 2.48. The van der Waals surface area contributed by atoms with E-state index >= 15 is 0 Å². The van der Waals surface area contributed by atoms with Gasteiger partial charge in [0.05, 0.1) is 5.37 Å². The first-order valence-electron chi connectivity index (χ1n) is 7.65. The van der Waals surface area contributed by atoms with Crippen molar-refractivity contribution in [2.45, 2.75) is 37.1 Å². The molecule has 1 saturated carbocycles. The molecule has 3 atom stereocenters. The van der Waals surface area contributed by atoms with E-state index in [4.69, 9.17) is 4.74 Å². The minimum atomic E-state index is -0.898. The molecule has 3 fully saturated rings. The Bertz CT molecular complexity index is 410. The van der Waals surface area contributed by atoms with Crippen molar-refractivity contribution >= 4 is 23.8 Å². The summed E-state index contributed by atoms with van der Waals surface area (Å²) in [6.45, 7) is 2.18. The third-order valence-electron chi connectivity index (χ3n) is 4.43. The van der Waals surface area contributed by atoms with Gasteiger partial charge in [0.25, 0.3) is 0 Å². The molecule has 1 aliphatic carbocycles. The Labute approximate surface area is 128 Å². The number of carbonyl (C=O) groups is 2. The largest absolute Gasteiger partial charge is 0.480 e. The van der Waals surface area contributed by atoms with E-state index in [-0.39, 0.29) is 11.4 Å². The highest BCUT2D eigenvalue weighted by Crippen LogP contribution is 2.45. The summed E-state index contributed by atoms with van der Waals surface area (Å²) < 4.78 is 5.32. The molecule has 118 valence electrons. The van der Waals surface area contributed by atoms with Crippen LogP contribution in [0.1, 0.15) is 25.7 Å². The topological polar surface area (TPSA) is 78.9 Å². The zero-order valence-electron chi connectivity index (χ0n) is 12.0. The fourth-order valence-corrected chi connectivity index (χ4v) is 4.64. The molecule has 0 aromatic rings. The van der Waals surface area contributed by atoms with Gasteiger partial charge in [-0.15, -0.1) is 11.8 Å². The van der Waals surface area contributed by atoms with Crippen LogP contribution in [-0.4, -0.2) is 58.9 Å². The number of aliphatic carboxylic acids is 1. The molecule has 0 bridgehead atoms. The van der Waals surface area contributed by atoms with Crippen LogP contribution in [0, 0.1) is 11.8 Å². The van der Waals surface area contributed by atoms with Crippen LogP contribution in [-0.2, 0) is 9.53 Å². The van der Waals surface area contributed by atoms with Gasteiger partial charge in [-0.3, -0.25) is 4.90 Å². The summed E-state index contributed by atoms with van der Waals surface area (Å²) in [4.78, 5) is 25.3. The van der Waals surface area contributed by atoms with Crippen molar-refractivity contribution in [3.63, 3.8) is 0 Å². The highest BCUT2D eigenvalue weighted by molar-refractivity contribution is 8.00. The van der Waals surface area contributed by atoms with Crippen molar-refractivity contribution in [2.24, 2.45) is 11.8 Å². The Hall–Kier alpha value is -0.950. The maximum Gasteiger partial charge on any atom is 0.327 e. The lowest BCUT2D eigenvalue weighted by Crippen LogP contribution is -2.51. The van der Waals surface area contributed by atoms with Crippen LogP contribution in [0.4, 0.5) is 4.79 Å². The smallest absolute Gasteiger partial charge is 0.327 e. The monoisotopic (exact) mass is 314 g/mol. The Balaban J connectivity index is 1.53. The van der Waals surface area contributed by atoms with Crippen molar-refractivity contribution in [1.82, 2.24) is 10.2 Å². The lowest BCUT2D eigenvalue weighted by molar-refractivity contribution is -0.141. The number of rotatable bonds is 5. The van der Waals surface area contributed by atoms with Crippen molar-refractivity contribution in [3.05, 3.63) is 0 Å². The second-order valence-corrected chi connectivity index (χ2v) is 7.22. The van der Waals surface area contributed by atoms with Crippen LogP contribution in [0.15, 0.2) is 0 Å². The summed E-state index contributed by atoms with van der Waals surface area (Å²) in [5.74, 6) is 0.603. The lowest BCUT2D eigenvalue weighted by atomic mass is 10.1. The standard InChI is InChI=1S/C14H22N2O4S/c17-13(18)11-8-21-12(10-1-2-10)16(11)14(19)15-5-3-9-4-6-20-7-9/h9-12H,1-8H2,(H,15,19)(H,17,18). The molecule has 7 heteroatoms. The van der Waals surface area contributed by atoms with E-state index in [0.29, 0.717) is 24.1 Å². The van der Waals surface area contributed by atoms with Crippen LogP contribution in [0.2, 0.25) is 0 Å². The summed E-state index contributed by atoms with van der Waals surface area (Å²) in [7, 11) is 0. The Kier molecular flexibility index (Phi) is 4.59. The molecule has 2 saturated heterocycles. The van der Waals surface area contributed by atoms with Crippen molar-refractivity contribution in [2.75, 3.05) is 25.5 Å². The first-order chi connectivity index (χ1) is 10.2. The van der Waals surface area contributed by atoms with Gasteiger partial charge in [-0.2, -0.15) is 0 Å². The molecule has 21 heavy (non-hydrogen) atoms. The first-order valence-corrected chi connectivity index (χ1v) is 8.70. The second kappa shape index (κ2) is 6.44. The van der Waals surface area contributed by atoms with Gasteiger partial charge in [-0.1, -0.05) is 0 Å². The van der Waals surface area contributed by atoms with E-state index in [0.717, 1.165) is 38.9 Å². The summed E-state index contributed by atoms with van der Waals surface area (Å²) in [6, 6.07) is -0.904. The van der Waals surface area contributed by atoms with E-state index in [1.807, 2.05) is 0 Å². The van der Waals surface area contributed by atoms with Crippen LogP contribution in [0.25, 0.3) is 0 Å². The molecule has 0 radical (unpaired) electrons. The Morgan fingerprint density at radius 3 is 2.76 bits per heavy atom. The third kappa shape index (κ3) is 3.45. The molecule has 0 aromatic carbocycles. The molecule has 3 rings (SSSR count). The number of thioether (sulfide) groups is 1. The fraction of sp³-hybridized carbons (Fsp3) is 0.857. The summed E-state index contributed by atoms with van der Waals surface area (Å²) >= 11 is 1.61. The van der Waals surface area contributed by atoms with E-state index < -0.39 is 12.0 Å². The van der Waals surface area contributed by atoms with Gasteiger partial charge >= 0.3 is 12.0 Å². The minimum absolute atomic E-state index is 0.0425. The molecule has 2 heterocycles. The molecule has 0 aromatic heterocycles. The summed E-state index contributed by atoms with van der Waals surface area (Å²) in [5, 5.41) is 12.2. The van der Waals surface area contributed by atoms with Gasteiger partial charge in [0.15, 0.2) is 0 Å². The molecule has 0 spiro atoms. The summed E-state index contributed by atoms with van der Waals surface area (Å²) in [6.07, 6.45) is 4.16. The molecule has 2 amide bonds. The number of ether oxygens (including phenoxy) is 1. The number of nitrogens with zero attached hydrogens (tertiary/aromatic N) is 1. The predicted molar refractivity (Wildman–Crippen MR) is 79.2 cm³/mol. The average Bonchev–Trinajstić information content (AvgIpc) is 3.00. The molecule has 3 unspecified atom stereocenters. The number of nitrogens with one attached hydrogen (secondary N) is 1. The Morgan fingerprint density at radius 1 is 1.33 bits per heavy atom. The lowest BCUT2D eigenvalue weighted by Gasteiger charge is -2.27. The number of amides is 2. The first kappa shape index (κ1) is 15.0. The van der Waals surface area contributed by atoms with E-state index in [1.165, 1.54) is 0 Å². The van der Waals surface area contributed by atoms with Crippen LogP contribution < -0.4 is 5.32 Å². The van der Waals surface area contributed by atoms with Gasteiger partial charge in [-0.25, -0.2) is 9.59 Å². The van der Waals surface area contributed by atoms with Crippen LogP contribution >= 0.6 is 11.8 Å². The van der Waals surface area contributed by atoms with Crippen molar-refractivity contribution in [3.8, 4) is 0 Å². The zero-order valence-corrected chi connectivity index (χ0v) is 12.8. The van der Waals surface area contributed by atoms with Gasteiger partial charge in [0.2, 0.25) is 0 Å². The molecule has 3 aliphatic rings. The van der Waals surface area contributed by atoms with Gasteiger partial charge in [0.1, 0.15) is 6.04 Å². The SMILES string of the molecule is O=C(O)C1CSC(C2CC2)N1C(=O)NCCC1CCOC1. The van der Waals surface area contributed by atoms with Crippen molar-refractivity contribution in [1.29, 1.82) is 0 Å². The number of hydrogen-bond donors (Lipinski definition) is 2. The second-order valence-electron chi connectivity index (χ2n) is 6.07. The molecular formula is C14H22N2O4S. The number of carboxylic acid groups (broad SMARTS) is 1. The molecule has 6 nitrogen and oxygen atoms in total. The fourth-order valence-electron chi connectivity index (χ4n) is 3.01. The molecule has 2 aliphatic heterocycles. The molecular weight excluding hydrogens is 292 g/mol. The van der Waals surface area contributed by atoms with Gasteiger partial charge in [0, 0.05) is 25.5 Å². The van der Waals surface area contributed by atoms with E-state index in [2.05, 4.69) is 5.32 Å². The Morgan fingerprint density at radius 2 is 2.14 bits per heavy atom. The highest BCUT2D eigenvalue weighted by atomic mass is 32.2. The average molecular weight is 314 g/mol. The molecule has 2 N–H and O–H groups in total. The number of carboxylic acids is 1. The third-order valence-corrected chi connectivity index (χ3v) is 5.89. The quantitative estimate of drug-likeness (QED) is 0.801. The number of carbonyl (C=O) groups excluding carboxylic acids is 1. The maximum absolute atomic E-state index is 12.4. The minimum Gasteiger partial charge on any atom is -0.480 e. The van der Waals surface area contributed by atoms with Gasteiger partial charge < -0.3 is 15.2 Å². The van der Waals surface area contributed by atoms with Crippen molar-refractivity contribution < 1.29 is 19.4 Å². The normalized spacial score (nSPS) is 32.4. The van der Waals surface area contributed by atoms with Gasteiger partial charge in [-0.05, 0) is 37.5 Å². The number of urea groups is 1. The maximum atomic E-state index is 12.4. The number of hydrogen-bond acceptors (Lipinski definition) is 4. The van der Waals surface area contributed by atoms with Crippen LogP contribution in [0.3, 0.4) is 0 Å². The van der Waals surface area contributed by atoms with E-state index in [9.17, 15) is 14.7 Å². The van der Waals surface area contributed by atoms with Crippen LogP contribution in [0.5, 0.6) is 0 Å². The zero-order chi connectivity index (χ0) is 14.8. The summed E-state index contributed by atoms with van der Waals surface area (Å²) in [5.41, 5.74) is 0. The predicted octanol–water partition coefficient (Wildman–Crippen LogP) is 1.36.